The van der Waals surface area contributed by atoms with E-state index in [-0.39, 0.29) is 17.2 Å². The predicted octanol–water partition coefficient (Wildman–Crippen LogP) is 5.89. The van der Waals surface area contributed by atoms with Crippen molar-refractivity contribution in [1.82, 2.24) is 0 Å². The van der Waals surface area contributed by atoms with Crippen molar-refractivity contribution < 1.29 is 18.3 Å². The van der Waals surface area contributed by atoms with Gasteiger partial charge < -0.3 is 5.11 Å². The Bertz CT molecular complexity index is 820. The molecule has 0 heterocycles. The number of hydrogen-bond acceptors (Lipinski definition) is 1. The van der Waals surface area contributed by atoms with Crippen molar-refractivity contribution in [3.05, 3.63) is 59.7 Å². The largest absolute Gasteiger partial charge is 0.507 e. The maximum atomic E-state index is 13.7. The predicted molar refractivity (Wildman–Crippen MR) is 87.4 cm³/mol. The minimum Gasteiger partial charge on any atom is -0.507 e. The molecular weight excluding hydrogens is 313 g/mol. The zero-order valence-corrected chi connectivity index (χ0v) is 13.0. The van der Waals surface area contributed by atoms with Gasteiger partial charge in [0.15, 0.2) is 0 Å². The molecule has 2 aliphatic rings. The molecule has 1 fully saturated rings. The van der Waals surface area contributed by atoms with E-state index in [1.807, 2.05) is 6.08 Å². The molecule has 124 valence electrons. The zero-order chi connectivity index (χ0) is 16.9. The first-order valence-electron chi connectivity index (χ1n) is 8.16. The monoisotopic (exact) mass is 330 g/mol. The van der Waals surface area contributed by atoms with Gasteiger partial charge in [0.1, 0.15) is 5.75 Å². The minimum absolute atomic E-state index is 0.00170. The highest BCUT2D eigenvalue weighted by Crippen LogP contribution is 2.52. The highest BCUT2D eigenvalue weighted by atomic mass is 19.4. The summed E-state index contributed by atoms with van der Waals surface area (Å²) >= 11 is 0. The molecule has 2 aliphatic carbocycles. The molecule has 0 radical (unpaired) electrons. The van der Waals surface area contributed by atoms with Gasteiger partial charge in [0.25, 0.3) is 0 Å². The number of hydrogen-bond donors (Lipinski definition) is 1. The van der Waals surface area contributed by atoms with Gasteiger partial charge in [-0.3, -0.25) is 0 Å². The van der Waals surface area contributed by atoms with Crippen molar-refractivity contribution in [3.8, 4) is 16.9 Å². The fourth-order valence-electron chi connectivity index (χ4n) is 4.15. The number of para-hydroxylation sites is 1. The molecule has 0 spiro atoms. The molecule has 0 amide bonds. The van der Waals surface area contributed by atoms with Gasteiger partial charge in [-0.1, -0.05) is 36.4 Å². The number of halogens is 3. The second kappa shape index (κ2) is 5.40. The highest BCUT2D eigenvalue weighted by molar-refractivity contribution is 5.87. The van der Waals surface area contributed by atoms with Gasteiger partial charge in [-0.2, -0.15) is 13.2 Å². The smallest absolute Gasteiger partial charge is 0.417 e. The molecule has 1 saturated carbocycles. The van der Waals surface area contributed by atoms with Crippen LogP contribution in [0.2, 0.25) is 0 Å². The van der Waals surface area contributed by atoms with E-state index in [0.717, 1.165) is 30.9 Å². The van der Waals surface area contributed by atoms with Crippen LogP contribution in [0.1, 0.15) is 30.4 Å². The van der Waals surface area contributed by atoms with Gasteiger partial charge in [-0.15, -0.1) is 0 Å². The van der Waals surface area contributed by atoms with Gasteiger partial charge in [0.2, 0.25) is 0 Å². The van der Waals surface area contributed by atoms with Gasteiger partial charge in [-0.05, 0) is 59.9 Å². The van der Waals surface area contributed by atoms with Crippen LogP contribution in [-0.4, -0.2) is 5.11 Å². The van der Waals surface area contributed by atoms with E-state index >= 15 is 0 Å². The minimum atomic E-state index is -4.42. The maximum absolute atomic E-state index is 13.7. The first kappa shape index (κ1) is 15.3. The van der Waals surface area contributed by atoms with Crippen molar-refractivity contribution in [3.63, 3.8) is 0 Å². The first-order chi connectivity index (χ1) is 11.4. The van der Waals surface area contributed by atoms with Crippen LogP contribution in [0, 0.1) is 11.8 Å². The van der Waals surface area contributed by atoms with Gasteiger partial charge in [0.05, 0.1) is 5.56 Å². The molecule has 0 saturated heterocycles. The topological polar surface area (TPSA) is 20.2 Å². The SMILES string of the molecule is Oc1ccccc1-c1cccc(C(F)(F)F)c1C1=CC2CCC1C2. The second-order valence-electron chi connectivity index (χ2n) is 6.64. The number of allylic oxidation sites excluding steroid dienone is 2. The fraction of sp³-hybridized carbons (Fsp3) is 0.300. The maximum Gasteiger partial charge on any atom is 0.417 e. The number of phenolic OH excluding ortho intramolecular Hbond substituents is 1. The van der Waals surface area contributed by atoms with Crippen LogP contribution in [0.25, 0.3) is 16.7 Å². The van der Waals surface area contributed by atoms with E-state index in [1.165, 1.54) is 12.1 Å². The third kappa shape index (κ3) is 2.41. The summed E-state index contributed by atoms with van der Waals surface area (Å²) in [6.45, 7) is 0. The van der Waals surface area contributed by atoms with E-state index in [1.54, 1.807) is 24.3 Å². The molecule has 2 aromatic carbocycles. The van der Waals surface area contributed by atoms with Crippen LogP contribution in [0.5, 0.6) is 5.75 Å². The Morgan fingerprint density at radius 3 is 2.29 bits per heavy atom. The lowest BCUT2D eigenvalue weighted by Gasteiger charge is -2.22. The van der Waals surface area contributed by atoms with Gasteiger partial charge >= 0.3 is 6.18 Å². The zero-order valence-electron chi connectivity index (χ0n) is 13.0. The average Bonchev–Trinajstić information content (AvgIpc) is 3.17. The molecule has 1 nitrogen and oxygen atoms in total. The molecule has 0 aliphatic heterocycles. The number of benzene rings is 2. The Morgan fingerprint density at radius 2 is 1.67 bits per heavy atom. The van der Waals surface area contributed by atoms with Crippen LogP contribution in [0.3, 0.4) is 0 Å². The third-order valence-corrected chi connectivity index (χ3v) is 5.18. The summed E-state index contributed by atoms with van der Waals surface area (Å²) in [4.78, 5) is 0. The van der Waals surface area contributed by atoms with Crippen LogP contribution in [0.4, 0.5) is 13.2 Å². The summed E-state index contributed by atoms with van der Waals surface area (Å²) in [6.07, 6.45) is 0.555. The van der Waals surface area contributed by atoms with Crippen LogP contribution >= 0.6 is 0 Å². The summed E-state index contributed by atoms with van der Waals surface area (Å²) in [5, 5.41) is 10.2. The van der Waals surface area contributed by atoms with E-state index in [4.69, 9.17) is 0 Å². The summed E-state index contributed by atoms with van der Waals surface area (Å²) in [5.41, 5.74) is 1.35. The molecular formula is C20H17F3O. The molecule has 24 heavy (non-hydrogen) atoms. The van der Waals surface area contributed by atoms with E-state index in [9.17, 15) is 18.3 Å². The van der Waals surface area contributed by atoms with Crippen LogP contribution in [0.15, 0.2) is 48.5 Å². The van der Waals surface area contributed by atoms with Gasteiger partial charge in [-0.25, -0.2) is 0 Å². The fourth-order valence-corrected chi connectivity index (χ4v) is 4.15. The lowest BCUT2D eigenvalue weighted by molar-refractivity contribution is -0.137. The standard InChI is InChI=1S/C20H17F3O/c21-20(22,23)17-6-3-5-15(14-4-1-2-7-18(14)24)19(17)16-11-12-8-9-13(16)10-12/h1-7,11-13,24H,8-10H2. The van der Waals surface area contributed by atoms with Crippen molar-refractivity contribution in [2.75, 3.05) is 0 Å². The number of phenols is 1. The summed E-state index contributed by atoms with van der Waals surface area (Å²) < 4.78 is 41.0. The summed E-state index contributed by atoms with van der Waals surface area (Å²) in [7, 11) is 0. The Morgan fingerprint density at radius 1 is 0.917 bits per heavy atom. The average molecular weight is 330 g/mol. The number of aromatic hydroxyl groups is 1. The molecule has 0 aromatic heterocycles. The van der Waals surface area contributed by atoms with Crippen molar-refractivity contribution >= 4 is 5.57 Å². The number of alkyl halides is 3. The van der Waals surface area contributed by atoms with Crippen molar-refractivity contribution in [2.45, 2.75) is 25.4 Å². The lowest BCUT2D eigenvalue weighted by Crippen LogP contribution is -2.12. The molecule has 2 unspecified atom stereocenters. The summed E-state index contributed by atoms with van der Waals surface area (Å²) in [6, 6.07) is 10.8. The first-order valence-corrected chi connectivity index (χ1v) is 8.16. The van der Waals surface area contributed by atoms with E-state index in [2.05, 4.69) is 0 Å². The highest BCUT2D eigenvalue weighted by Gasteiger charge is 2.40. The molecule has 2 aromatic rings. The van der Waals surface area contributed by atoms with Crippen LogP contribution in [-0.2, 0) is 6.18 Å². The normalized spacial score (nSPS) is 22.7. The van der Waals surface area contributed by atoms with Crippen molar-refractivity contribution in [2.24, 2.45) is 11.8 Å². The number of fused-ring (bicyclic) bond motifs is 2. The Balaban J connectivity index is 1.98. The Labute approximate surface area is 138 Å². The van der Waals surface area contributed by atoms with Crippen LogP contribution < -0.4 is 0 Å². The van der Waals surface area contributed by atoms with E-state index < -0.39 is 11.7 Å². The van der Waals surface area contributed by atoms with E-state index in [0.29, 0.717) is 17.0 Å². The summed E-state index contributed by atoms with van der Waals surface area (Å²) in [5.74, 6) is 0.591. The van der Waals surface area contributed by atoms with Gasteiger partial charge in [0, 0.05) is 5.56 Å². The quantitative estimate of drug-likeness (QED) is 0.728. The molecule has 2 atom stereocenters. The third-order valence-electron chi connectivity index (χ3n) is 5.18. The Kier molecular flexibility index (Phi) is 3.44. The molecule has 4 heteroatoms. The second-order valence-corrected chi connectivity index (χ2v) is 6.64. The van der Waals surface area contributed by atoms with Crippen molar-refractivity contribution in [1.29, 1.82) is 0 Å². The lowest BCUT2D eigenvalue weighted by atomic mass is 9.84. The molecule has 4 rings (SSSR count). The Hall–Kier alpha value is -2.23. The molecule has 1 N–H and O–H groups in total. The molecule has 2 bridgehead atoms. The number of rotatable bonds is 2.